The molecule has 1 aliphatic carbocycles. The molecule has 1 aliphatic heterocycles. The topological polar surface area (TPSA) is 33.7 Å². The van der Waals surface area contributed by atoms with Gasteiger partial charge in [0.2, 0.25) is 0 Å². The van der Waals surface area contributed by atoms with Crippen LogP contribution in [0.5, 0.6) is 0 Å². The number of alkyl halides is 2. The molecule has 1 saturated carbocycles. The van der Waals surface area contributed by atoms with Crippen LogP contribution in [0.1, 0.15) is 19.3 Å². The van der Waals surface area contributed by atoms with Gasteiger partial charge in [0.1, 0.15) is 0 Å². The van der Waals surface area contributed by atoms with Crippen LogP contribution in [0, 0.1) is 0 Å². The molecule has 1 N–H and O–H groups in total. The number of halogens is 2. The van der Waals surface area contributed by atoms with Gasteiger partial charge in [-0.3, -0.25) is 4.90 Å². The maximum atomic E-state index is 12.5. The zero-order chi connectivity index (χ0) is 13.2. The van der Waals surface area contributed by atoms with E-state index in [1.54, 1.807) is 11.9 Å². The first-order valence-corrected chi connectivity index (χ1v) is 6.50. The number of nitrogens with zero attached hydrogens (tertiary/aromatic N) is 1. The van der Waals surface area contributed by atoms with Crippen molar-refractivity contribution in [3.63, 3.8) is 0 Å². The van der Waals surface area contributed by atoms with Crippen molar-refractivity contribution in [3.8, 4) is 0 Å². The van der Waals surface area contributed by atoms with Crippen LogP contribution < -0.4 is 5.32 Å². The molecule has 0 amide bonds. The van der Waals surface area contributed by atoms with Gasteiger partial charge >= 0.3 is 0 Å². The summed E-state index contributed by atoms with van der Waals surface area (Å²) in [5, 5.41) is 3.22. The van der Waals surface area contributed by atoms with Crippen LogP contribution in [-0.4, -0.2) is 63.1 Å². The fraction of sp³-hybridized carbons (Fsp3) is 1.00. The molecule has 2 rings (SSSR count). The summed E-state index contributed by atoms with van der Waals surface area (Å²) in [6, 6.07) is 0.239. The maximum Gasteiger partial charge on any atom is 0.251 e. The Morgan fingerprint density at radius 2 is 2.06 bits per heavy atom. The first kappa shape index (κ1) is 14.1. The Hall–Kier alpha value is -0.300. The van der Waals surface area contributed by atoms with Gasteiger partial charge in [-0.1, -0.05) is 0 Å². The van der Waals surface area contributed by atoms with Crippen molar-refractivity contribution in [2.24, 2.45) is 0 Å². The predicted molar refractivity (Wildman–Crippen MR) is 63.8 cm³/mol. The summed E-state index contributed by atoms with van der Waals surface area (Å²) in [4.78, 5) is 1.72. The lowest BCUT2D eigenvalue weighted by Crippen LogP contribution is -2.56. The van der Waals surface area contributed by atoms with Crippen LogP contribution in [0.25, 0.3) is 0 Å². The highest BCUT2D eigenvalue weighted by molar-refractivity contribution is 4.95. The molecule has 1 spiro atoms. The van der Waals surface area contributed by atoms with Gasteiger partial charge in [0.05, 0.1) is 19.8 Å². The third-order valence-corrected chi connectivity index (χ3v) is 4.00. The molecule has 1 saturated heterocycles. The third kappa shape index (κ3) is 2.99. The number of hydrogen-bond acceptors (Lipinski definition) is 4. The Morgan fingerprint density at radius 3 is 2.61 bits per heavy atom. The van der Waals surface area contributed by atoms with Gasteiger partial charge in [0, 0.05) is 24.9 Å². The summed E-state index contributed by atoms with van der Waals surface area (Å²) in [5.41, 5.74) is 0. The van der Waals surface area contributed by atoms with Crippen LogP contribution in [0.3, 0.4) is 0 Å². The third-order valence-electron chi connectivity index (χ3n) is 4.00. The molecule has 4 nitrogen and oxygen atoms in total. The number of nitrogens with one attached hydrogen (secondary N) is 1. The van der Waals surface area contributed by atoms with E-state index in [1.165, 1.54) is 0 Å². The second-order valence-electron chi connectivity index (χ2n) is 5.14. The van der Waals surface area contributed by atoms with E-state index in [9.17, 15) is 8.78 Å². The zero-order valence-electron chi connectivity index (χ0n) is 11.0. The van der Waals surface area contributed by atoms with Gasteiger partial charge in [-0.05, 0) is 20.5 Å². The molecule has 2 unspecified atom stereocenters. The molecule has 2 atom stereocenters. The molecule has 6 heteroatoms. The van der Waals surface area contributed by atoms with E-state index in [-0.39, 0.29) is 18.6 Å². The van der Waals surface area contributed by atoms with Gasteiger partial charge in [0.25, 0.3) is 6.43 Å². The normalized spacial score (nSPS) is 31.7. The Labute approximate surface area is 107 Å². The van der Waals surface area contributed by atoms with Gasteiger partial charge in [0.15, 0.2) is 5.79 Å². The van der Waals surface area contributed by atoms with Gasteiger partial charge in [-0.15, -0.1) is 0 Å². The molecule has 2 fully saturated rings. The van der Waals surface area contributed by atoms with Crippen LogP contribution in [0.4, 0.5) is 8.78 Å². The van der Waals surface area contributed by atoms with E-state index in [1.807, 2.05) is 7.05 Å². The first-order valence-electron chi connectivity index (χ1n) is 6.50. The summed E-state index contributed by atoms with van der Waals surface area (Å²) in [7, 11) is 3.62. The lowest BCUT2D eigenvalue weighted by Gasteiger charge is -2.44. The monoisotopic (exact) mass is 264 g/mol. The molecule has 106 valence electrons. The minimum atomic E-state index is -2.31. The molecular formula is C12H22F2N2O2. The summed E-state index contributed by atoms with van der Waals surface area (Å²) in [6.07, 6.45) is 0.0596. The fourth-order valence-electron chi connectivity index (χ4n) is 3.04. The van der Waals surface area contributed by atoms with E-state index in [2.05, 4.69) is 5.32 Å². The second kappa shape index (κ2) is 5.77. The van der Waals surface area contributed by atoms with Crippen molar-refractivity contribution in [3.05, 3.63) is 0 Å². The van der Waals surface area contributed by atoms with Gasteiger partial charge < -0.3 is 14.8 Å². The Kier molecular flexibility index (Phi) is 4.53. The summed E-state index contributed by atoms with van der Waals surface area (Å²) in [6.45, 7) is 1.00. The smallest absolute Gasteiger partial charge is 0.251 e. The number of ether oxygens (including phenoxy) is 2. The van der Waals surface area contributed by atoms with E-state index >= 15 is 0 Å². The standard InChI is InChI=1S/C12H22F2N2O2/c1-15-9-3-4-12(17-5-6-18-12)7-10(9)16(2)8-11(13)14/h9-11,15H,3-8H2,1-2H3. The average Bonchev–Trinajstić information content (AvgIpc) is 2.76. The lowest BCUT2D eigenvalue weighted by atomic mass is 9.85. The van der Waals surface area contributed by atoms with E-state index in [4.69, 9.17) is 9.47 Å². The number of likely N-dealkylation sites (N-methyl/N-ethyl adjacent to an activating group) is 2. The second-order valence-corrected chi connectivity index (χ2v) is 5.14. The van der Waals surface area contributed by atoms with Crippen molar-refractivity contribution in [2.45, 2.75) is 43.6 Å². The van der Waals surface area contributed by atoms with Crippen molar-refractivity contribution in [2.75, 3.05) is 33.9 Å². The van der Waals surface area contributed by atoms with Crippen molar-refractivity contribution < 1.29 is 18.3 Å². The molecule has 2 aliphatic rings. The SMILES string of the molecule is CNC1CCC2(CC1N(C)CC(F)F)OCCO2. The molecular weight excluding hydrogens is 242 g/mol. The molecule has 0 aromatic heterocycles. The molecule has 0 bridgehead atoms. The molecule has 0 radical (unpaired) electrons. The summed E-state index contributed by atoms with van der Waals surface area (Å²) >= 11 is 0. The van der Waals surface area contributed by atoms with Gasteiger partial charge in [-0.2, -0.15) is 0 Å². The zero-order valence-corrected chi connectivity index (χ0v) is 11.0. The van der Waals surface area contributed by atoms with Crippen molar-refractivity contribution in [1.29, 1.82) is 0 Å². The Morgan fingerprint density at radius 1 is 1.39 bits per heavy atom. The predicted octanol–water partition coefficient (Wildman–Crippen LogP) is 1.07. The number of rotatable bonds is 4. The number of hydrogen-bond donors (Lipinski definition) is 1. The van der Waals surface area contributed by atoms with Crippen LogP contribution in [-0.2, 0) is 9.47 Å². The molecule has 18 heavy (non-hydrogen) atoms. The van der Waals surface area contributed by atoms with Crippen molar-refractivity contribution >= 4 is 0 Å². The minimum absolute atomic E-state index is 0.0239. The highest BCUT2D eigenvalue weighted by Crippen LogP contribution is 2.37. The van der Waals surface area contributed by atoms with Crippen LogP contribution >= 0.6 is 0 Å². The first-order chi connectivity index (χ1) is 8.56. The Balaban J connectivity index is 2.02. The summed E-state index contributed by atoms with van der Waals surface area (Å²) in [5.74, 6) is -0.533. The maximum absolute atomic E-state index is 12.5. The van der Waals surface area contributed by atoms with E-state index < -0.39 is 12.2 Å². The Bertz CT molecular complexity index is 273. The fourth-order valence-corrected chi connectivity index (χ4v) is 3.04. The lowest BCUT2D eigenvalue weighted by molar-refractivity contribution is -0.193. The van der Waals surface area contributed by atoms with E-state index in [0.717, 1.165) is 12.8 Å². The molecule has 1 heterocycles. The van der Waals surface area contributed by atoms with Crippen LogP contribution in [0.15, 0.2) is 0 Å². The van der Waals surface area contributed by atoms with Crippen LogP contribution in [0.2, 0.25) is 0 Å². The van der Waals surface area contributed by atoms with Gasteiger partial charge in [-0.25, -0.2) is 8.78 Å². The molecule has 0 aromatic carbocycles. The van der Waals surface area contributed by atoms with Crippen molar-refractivity contribution in [1.82, 2.24) is 10.2 Å². The minimum Gasteiger partial charge on any atom is -0.347 e. The quantitative estimate of drug-likeness (QED) is 0.823. The summed E-state index contributed by atoms with van der Waals surface area (Å²) < 4.78 is 36.4. The average molecular weight is 264 g/mol. The highest BCUT2D eigenvalue weighted by atomic mass is 19.3. The largest absolute Gasteiger partial charge is 0.347 e. The molecule has 0 aromatic rings. The van der Waals surface area contributed by atoms with E-state index in [0.29, 0.717) is 19.6 Å². The highest BCUT2D eigenvalue weighted by Gasteiger charge is 2.46.